The third kappa shape index (κ3) is 1.64. The Labute approximate surface area is 114 Å². The molecule has 98 valence electrons. The summed E-state index contributed by atoms with van der Waals surface area (Å²) in [5, 5.41) is 13.8. The third-order valence-corrected chi connectivity index (χ3v) is 5.19. The molecule has 4 rings (SSSR count). The number of aliphatic hydroxyl groups is 1. The molecule has 1 heteroatoms. The summed E-state index contributed by atoms with van der Waals surface area (Å²) in [7, 11) is 0. The van der Waals surface area contributed by atoms with Gasteiger partial charge in [0.15, 0.2) is 0 Å². The average Bonchev–Trinajstić information content (AvgIpc) is 2.82. The summed E-state index contributed by atoms with van der Waals surface area (Å²) in [4.78, 5) is 0. The predicted octanol–water partition coefficient (Wildman–Crippen LogP) is 4.17. The second kappa shape index (κ2) is 4.08. The zero-order valence-electron chi connectivity index (χ0n) is 11.2. The molecule has 0 amide bonds. The van der Waals surface area contributed by atoms with Crippen molar-refractivity contribution in [3.63, 3.8) is 0 Å². The molecule has 0 saturated heterocycles. The Morgan fingerprint density at radius 1 is 0.947 bits per heavy atom. The van der Waals surface area contributed by atoms with Crippen LogP contribution in [-0.4, -0.2) is 10.7 Å². The van der Waals surface area contributed by atoms with E-state index in [4.69, 9.17) is 0 Å². The monoisotopic (exact) mass is 252 g/mol. The Balaban J connectivity index is 1.85. The minimum Gasteiger partial charge on any atom is -0.389 e. The second-order valence-corrected chi connectivity index (χ2v) is 6.28. The normalized spacial score (nSPS) is 24.8. The van der Waals surface area contributed by atoms with Crippen molar-refractivity contribution in [2.75, 3.05) is 0 Å². The van der Waals surface area contributed by atoms with Crippen LogP contribution in [0.15, 0.2) is 36.4 Å². The standard InChI is InChI=1S/C18H20O/c19-18(10-2-1-3-11-18)16-12-14-8-4-6-13-7-5-9-15(16)17(13)14/h4-9,16,19H,1-3,10-12H2. The van der Waals surface area contributed by atoms with E-state index in [1.54, 1.807) is 0 Å². The topological polar surface area (TPSA) is 20.2 Å². The van der Waals surface area contributed by atoms with E-state index in [0.717, 1.165) is 19.3 Å². The first-order chi connectivity index (χ1) is 9.28. The van der Waals surface area contributed by atoms with Crippen molar-refractivity contribution >= 4 is 10.8 Å². The highest BCUT2D eigenvalue weighted by Crippen LogP contribution is 2.48. The number of hydrogen-bond donors (Lipinski definition) is 1. The van der Waals surface area contributed by atoms with Crippen molar-refractivity contribution in [2.24, 2.45) is 0 Å². The molecule has 19 heavy (non-hydrogen) atoms. The molecule has 2 aliphatic rings. The van der Waals surface area contributed by atoms with E-state index < -0.39 is 5.60 Å². The van der Waals surface area contributed by atoms with Gasteiger partial charge in [0.1, 0.15) is 0 Å². The van der Waals surface area contributed by atoms with Crippen LogP contribution in [0.4, 0.5) is 0 Å². The van der Waals surface area contributed by atoms with Gasteiger partial charge in [-0.25, -0.2) is 0 Å². The second-order valence-electron chi connectivity index (χ2n) is 6.28. The molecule has 1 N–H and O–H groups in total. The lowest BCUT2D eigenvalue weighted by molar-refractivity contribution is -0.0202. The Bertz CT molecular complexity index is 617. The zero-order valence-corrected chi connectivity index (χ0v) is 11.2. The maximum atomic E-state index is 11.1. The van der Waals surface area contributed by atoms with Crippen LogP contribution in [0.1, 0.15) is 49.1 Å². The van der Waals surface area contributed by atoms with E-state index in [0.29, 0.717) is 5.92 Å². The maximum Gasteiger partial charge on any atom is 0.0719 e. The fraction of sp³-hybridized carbons (Fsp3) is 0.444. The Hall–Kier alpha value is -1.34. The highest BCUT2D eigenvalue weighted by Gasteiger charge is 2.42. The highest BCUT2D eigenvalue weighted by molar-refractivity contribution is 5.91. The molecule has 0 aliphatic heterocycles. The van der Waals surface area contributed by atoms with Crippen LogP contribution in [0.2, 0.25) is 0 Å². The maximum absolute atomic E-state index is 11.1. The summed E-state index contributed by atoms with van der Waals surface area (Å²) in [5.74, 6) is 0.314. The molecular formula is C18H20O. The molecule has 1 unspecified atom stereocenters. The molecule has 2 aliphatic carbocycles. The first kappa shape index (κ1) is 11.5. The van der Waals surface area contributed by atoms with Gasteiger partial charge in [0.05, 0.1) is 5.60 Å². The number of benzene rings is 2. The van der Waals surface area contributed by atoms with Crippen LogP contribution < -0.4 is 0 Å². The predicted molar refractivity (Wildman–Crippen MR) is 78.4 cm³/mol. The van der Waals surface area contributed by atoms with E-state index in [9.17, 15) is 5.11 Å². The van der Waals surface area contributed by atoms with Crippen LogP contribution in [0.25, 0.3) is 10.8 Å². The first-order valence-electron chi connectivity index (χ1n) is 7.51. The van der Waals surface area contributed by atoms with Crippen molar-refractivity contribution in [1.29, 1.82) is 0 Å². The molecule has 1 nitrogen and oxygen atoms in total. The van der Waals surface area contributed by atoms with Crippen LogP contribution in [0.3, 0.4) is 0 Å². The van der Waals surface area contributed by atoms with Crippen molar-refractivity contribution in [1.82, 2.24) is 0 Å². The molecule has 2 aromatic rings. The lowest BCUT2D eigenvalue weighted by Crippen LogP contribution is -2.38. The van der Waals surface area contributed by atoms with Gasteiger partial charge < -0.3 is 5.11 Å². The summed E-state index contributed by atoms with van der Waals surface area (Å²) in [6.45, 7) is 0. The van der Waals surface area contributed by atoms with Crippen molar-refractivity contribution < 1.29 is 5.11 Å². The first-order valence-corrected chi connectivity index (χ1v) is 7.51. The summed E-state index contributed by atoms with van der Waals surface area (Å²) >= 11 is 0. The Morgan fingerprint density at radius 2 is 1.68 bits per heavy atom. The lowest BCUT2D eigenvalue weighted by atomic mass is 9.73. The van der Waals surface area contributed by atoms with Crippen molar-refractivity contribution in [3.05, 3.63) is 47.5 Å². The average molecular weight is 252 g/mol. The lowest BCUT2D eigenvalue weighted by Gasteiger charge is -2.38. The van der Waals surface area contributed by atoms with Crippen LogP contribution in [-0.2, 0) is 6.42 Å². The molecule has 1 fully saturated rings. The molecule has 0 bridgehead atoms. The van der Waals surface area contributed by atoms with E-state index in [1.807, 2.05) is 0 Å². The quantitative estimate of drug-likeness (QED) is 0.807. The van der Waals surface area contributed by atoms with Crippen LogP contribution in [0.5, 0.6) is 0 Å². The van der Waals surface area contributed by atoms with Gasteiger partial charge in [0.25, 0.3) is 0 Å². The van der Waals surface area contributed by atoms with E-state index >= 15 is 0 Å². The minimum absolute atomic E-state index is 0.314. The minimum atomic E-state index is -0.467. The summed E-state index contributed by atoms with van der Waals surface area (Å²) in [5.41, 5.74) is 2.35. The van der Waals surface area contributed by atoms with Gasteiger partial charge in [0.2, 0.25) is 0 Å². The fourth-order valence-electron chi connectivity index (χ4n) is 4.23. The Kier molecular flexibility index (Phi) is 2.46. The van der Waals surface area contributed by atoms with Gasteiger partial charge in [-0.2, -0.15) is 0 Å². The molecule has 0 radical (unpaired) electrons. The van der Waals surface area contributed by atoms with Crippen LogP contribution in [0, 0.1) is 0 Å². The van der Waals surface area contributed by atoms with Gasteiger partial charge in [-0.3, -0.25) is 0 Å². The van der Waals surface area contributed by atoms with Crippen molar-refractivity contribution in [2.45, 2.75) is 50.0 Å². The molecule has 2 aromatic carbocycles. The highest BCUT2D eigenvalue weighted by atomic mass is 16.3. The van der Waals surface area contributed by atoms with E-state index in [1.165, 1.54) is 41.2 Å². The van der Waals surface area contributed by atoms with Gasteiger partial charge >= 0.3 is 0 Å². The van der Waals surface area contributed by atoms with Gasteiger partial charge in [-0.05, 0) is 41.2 Å². The summed E-state index contributed by atoms with van der Waals surface area (Å²) in [6, 6.07) is 13.1. The largest absolute Gasteiger partial charge is 0.389 e. The molecule has 0 spiro atoms. The van der Waals surface area contributed by atoms with Crippen molar-refractivity contribution in [3.8, 4) is 0 Å². The SMILES string of the molecule is OC1(C2Cc3cccc4cccc2c34)CCCCC1. The van der Waals surface area contributed by atoms with Crippen LogP contribution >= 0.6 is 0 Å². The van der Waals surface area contributed by atoms with E-state index in [-0.39, 0.29) is 0 Å². The summed E-state index contributed by atoms with van der Waals surface area (Å²) < 4.78 is 0. The zero-order chi connectivity index (χ0) is 12.9. The molecule has 1 saturated carbocycles. The molecule has 0 aromatic heterocycles. The fourth-order valence-corrected chi connectivity index (χ4v) is 4.23. The Morgan fingerprint density at radius 3 is 2.47 bits per heavy atom. The van der Waals surface area contributed by atoms with Gasteiger partial charge in [-0.1, -0.05) is 55.7 Å². The molecule has 0 heterocycles. The number of hydrogen-bond acceptors (Lipinski definition) is 1. The van der Waals surface area contributed by atoms with Gasteiger partial charge in [-0.15, -0.1) is 0 Å². The smallest absolute Gasteiger partial charge is 0.0719 e. The number of rotatable bonds is 1. The molecule has 1 atom stereocenters. The molecular weight excluding hydrogens is 232 g/mol. The summed E-state index contributed by atoms with van der Waals surface area (Å²) in [6.07, 6.45) is 6.61. The van der Waals surface area contributed by atoms with Gasteiger partial charge in [0, 0.05) is 5.92 Å². The van der Waals surface area contributed by atoms with E-state index in [2.05, 4.69) is 36.4 Å². The third-order valence-electron chi connectivity index (χ3n) is 5.19.